The van der Waals surface area contributed by atoms with Crippen molar-refractivity contribution < 1.29 is 4.74 Å². The van der Waals surface area contributed by atoms with Crippen LogP contribution in [0.2, 0.25) is 0 Å². The maximum Gasteiger partial charge on any atom is 0.0542 e. The molecule has 1 fully saturated rings. The zero-order valence-corrected chi connectivity index (χ0v) is 10.4. The third-order valence-electron chi connectivity index (χ3n) is 3.27. The zero-order valence-electron chi connectivity index (χ0n) is 10.4. The van der Waals surface area contributed by atoms with Crippen molar-refractivity contribution in [1.29, 1.82) is 0 Å². The van der Waals surface area contributed by atoms with Gasteiger partial charge in [-0.3, -0.25) is 9.88 Å². The van der Waals surface area contributed by atoms with E-state index >= 15 is 0 Å². The first-order valence-corrected chi connectivity index (χ1v) is 6.17. The fourth-order valence-corrected chi connectivity index (χ4v) is 2.42. The van der Waals surface area contributed by atoms with Crippen molar-refractivity contribution in [3.05, 3.63) is 29.6 Å². The molecule has 0 amide bonds. The van der Waals surface area contributed by atoms with Crippen LogP contribution in [0.5, 0.6) is 0 Å². The van der Waals surface area contributed by atoms with Gasteiger partial charge in [0.2, 0.25) is 0 Å². The number of pyridine rings is 1. The smallest absolute Gasteiger partial charge is 0.0542 e. The molecule has 0 aromatic carbocycles. The Hall–Kier alpha value is -0.970. The number of hydrogen-bond acceptors (Lipinski definition) is 4. The average Bonchev–Trinajstić information content (AvgIpc) is 2.77. The summed E-state index contributed by atoms with van der Waals surface area (Å²) in [5, 5.41) is 0. The second-order valence-corrected chi connectivity index (χ2v) is 4.70. The first-order chi connectivity index (χ1) is 8.31. The second-order valence-electron chi connectivity index (χ2n) is 4.70. The highest BCUT2D eigenvalue weighted by Gasteiger charge is 2.22. The van der Waals surface area contributed by atoms with E-state index in [1.807, 2.05) is 6.20 Å². The van der Waals surface area contributed by atoms with Gasteiger partial charge in [-0.1, -0.05) is 0 Å². The largest absolute Gasteiger partial charge is 0.384 e. The summed E-state index contributed by atoms with van der Waals surface area (Å²) in [7, 11) is 1.78. The average molecular weight is 235 g/mol. The SMILES string of the molecule is COCC1CCN(Cc2ccnc(CN)c2)C1. The van der Waals surface area contributed by atoms with E-state index in [9.17, 15) is 0 Å². The standard InChI is InChI=1S/C13H21N3O/c1-17-10-12-3-5-16(9-12)8-11-2-4-15-13(6-11)7-14/h2,4,6,12H,3,5,7-10,14H2,1H3. The number of methoxy groups -OCH3 is 1. The van der Waals surface area contributed by atoms with Gasteiger partial charge in [-0.25, -0.2) is 0 Å². The van der Waals surface area contributed by atoms with Crippen LogP contribution in [0.25, 0.3) is 0 Å². The normalized spacial score (nSPS) is 20.9. The van der Waals surface area contributed by atoms with Crippen molar-refractivity contribution in [3.63, 3.8) is 0 Å². The topological polar surface area (TPSA) is 51.4 Å². The van der Waals surface area contributed by atoms with Gasteiger partial charge in [-0.05, 0) is 36.6 Å². The lowest BCUT2D eigenvalue weighted by Crippen LogP contribution is -2.21. The molecule has 0 saturated carbocycles. The van der Waals surface area contributed by atoms with Crippen LogP contribution < -0.4 is 5.73 Å². The van der Waals surface area contributed by atoms with Crippen LogP contribution in [0, 0.1) is 5.92 Å². The molecule has 1 aromatic rings. The number of nitrogens with two attached hydrogens (primary N) is 1. The number of likely N-dealkylation sites (tertiary alicyclic amines) is 1. The summed E-state index contributed by atoms with van der Waals surface area (Å²) in [6, 6.07) is 4.17. The molecule has 1 atom stereocenters. The second kappa shape index (κ2) is 6.10. The van der Waals surface area contributed by atoms with Crippen molar-refractivity contribution in [1.82, 2.24) is 9.88 Å². The Morgan fingerprint density at radius 3 is 3.24 bits per heavy atom. The Morgan fingerprint density at radius 2 is 2.47 bits per heavy atom. The van der Waals surface area contributed by atoms with Crippen molar-refractivity contribution in [2.75, 3.05) is 26.8 Å². The number of rotatable bonds is 5. The van der Waals surface area contributed by atoms with E-state index in [1.165, 1.54) is 12.0 Å². The Kier molecular flexibility index (Phi) is 4.48. The first kappa shape index (κ1) is 12.5. The molecule has 0 radical (unpaired) electrons. The number of nitrogens with zero attached hydrogens (tertiary/aromatic N) is 2. The molecule has 2 heterocycles. The van der Waals surface area contributed by atoms with Gasteiger partial charge < -0.3 is 10.5 Å². The molecule has 0 bridgehead atoms. The molecule has 1 aliphatic heterocycles. The lowest BCUT2D eigenvalue weighted by Gasteiger charge is -2.16. The van der Waals surface area contributed by atoms with Gasteiger partial charge in [0.05, 0.1) is 12.3 Å². The number of aromatic nitrogens is 1. The molecule has 1 aromatic heterocycles. The minimum atomic E-state index is 0.514. The van der Waals surface area contributed by atoms with E-state index in [4.69, 9.17) is 10.5 Å². The van der Waals surface area contributed by atoms with E-state index in [0.29, 0.717) is 12.5 Å². The minimum absolute atomic E-state index is 0.514. The Balaban J connectivity index is 1.88. The van der Waals surface area contributed by atoms with E-state index in [2.05, 4.69) is 22.0 Å². The first-order valence-electron chi connectivity index (χ1n) is 6.17. The molecule has 1 saturated heterocycles. The molecular weight excluding hydrogens is 214 g/mol. The Labute approximate surface area is 103 Å². The minimum Gasteiger partial charge on any atom is -0.384 e. The molecule has 1 aliphatic rings. The van der Waals surface area contributed by atoms with Gasteiger partial charge >= 0.3 is 0 Å². The Bertz CT molecular complexity index is 356. The molecule has 4 heteroatoms. The highest BCUT2D eigenvalue weighted by Crippen LogP contribution is 2.18. The van der Waals surface area contributed by atoms with E-state index in [1.54, 1.807) is 7.11 Å². The van der Waals surface area contributed by atoms with Gasteiger partial charge in [-0.15, -0.1) is 0 Å². The highest BCUT2D eigenvalue weighted by atomic mass is 16.5. The summed E-state index contributed by atoms with van der Waals surface area (Å²) < 4.78 is 5.21. The lowest BCUT2D eigenvalue weighted by molar-refractivity contribution is 0.152. The van der Waals surface area contributed by atoms with Crippen molar-refractivity contribution in [3.8, 4) is 0 Å². The lowest BCUT2D eigenvalue weighted by atomic mass is 10.1. The third-order valence-corrected chi connectivity index (χ3v) is 3.27. The predicted octanol–water partition coefficient (Wildman–Crippen LogP) is 1.01. The van der Waals surface area contributed by atoms with E-state index in [0.717, 1.165) is 31.9 Å². The summed E-state index contributed by atoms with van der Waals surface area (Å²) in [4.78, 5) is 6.68. The molecule has 94 valence electrons. The molecule has 0 aliphatic carbocycles. The van der Waals surface area contributed by atoms with Crippen LogP contribution in [-0.4, -0.2) is 36.7 Å². The molecule has 17 heavy (non-hydrogen) atoms. The Morgan fingerprint density at radius 1 is 1.59 bits per heavy atom. The zero-order chi connectivity index (χ0) is 12.1. The third kappa shape index (κ3) is 3.49. The van der Waals surface area contributed by atoms with Crippen molar-refractivity contribution in [2.45, 2.75) is 19.5 Å². The maximum absolute atomic E-state index is 5.60. The van der Waals surface area contributed by atoms with Crippen LogP contribution in [0.1, 0.15) is 17.7 Å². The summed E-state index contributed by atoms with van der Waals surface area (Å²) >= 11 is 0. The van der Waals surface area contributed by atoms with Crippen molar-refractivity contribution in [2.24, 2.45) is 11.7 Å². The monoisotopic (exact) mass is 235 g/mol. The van der Waals surface area contributed by atoms with Gasteiger partial charge in [-0.2, -0.15) is 0 Å². The molecular formula is C13H21N3O. The van der Waals surface area contributed by atoms with Crippen LogP contribution >= 0.6 is 0 Å². The maximum atomic E-state index is 5.60. The molecule has 4 nitrogen and oxygen atoms in total. The van der Waals surface area contributed by atoms with Gasteiger partial charge in [0.1, 0.15) is 0 Å². The molecule has 1 unspecified atom stereocenters. The van der Waals surface area contributed by atoms with Gasteiger partial charge in [0.15, 0.2) is 0 Å². The van der Waals surface area contributed by atoms with E-state index < -0.39 is 0 Å². The molecule has 0 spiro atoms. The van der Waals surface area contributed by atoms with Crippen LogP contribution in [-0.2, 0) is 17.8 Å². The van der Waals surface area contributed by atoms with Gasteiger partial charge in [0.25, 0.3) is 0 Å². The van der Waals surface area contributed by atoms with Crippen LogP contribution in [0.4, 0.5) is 0 Å². The summed E-state index contributed by atoms with van der Waals surface area (Å²) in [5.74, 6) is 0.691. The fourth-order valence-electron chi connectivity index (χ4n) is 2.42. The van der Waals surface area contributed by atoms with Gasteiger partial charge in [0, 0.05) is 32.9 Å². The van der Waals surface area contributed by atoms with Crippen LogP contribution in [0.3, 0.4) is 0 Å². The van der Waals surface area contributed by atoms with Crippen molar-refractivity contribution >= 4 is 0 Å². The number of hydrogen-bond donors (Lipinski definition) is 1. The summed E-state index contributed by atoms with van der Waals surface area (Å²) in [6.07, 6.45) is 3.09. The summed E-state index contributed by atoms with van der Waals surface area (Å²) in [6.45, 7) is 4.68. The predicted molar refractivity (Wildman–Crippen MR) is 67.4 cm³/mol. The quantitative estimate of drug-likeness (QED) is 0.827. The number of ether oxygens (including phenoxy) is 1. The fraction of sp³-hybridized carbons (Fsp3) is 0.615. The molecule has 2 rings (SSSR count). The summed E-state index contributed by atoms with van der Waals surface area (Å²) in [5.41, 5.74) is 7.87. The van der Waals surface area contributed by atoms with E-state index in [-0.39, 0.29) is 0 Å². The highest BCUT2D eigenvalue weighted by molar-refractivity contribution is 5.16. The molecule has 2 N–H and O–H groups in total. The van der Waals surface area contributed by atoms with Crippen LogP contribution in [0.15, 0.2) is 18.3 Å².